The average molecular weight is 264 g/mol. The van der Waals surface area contributed by atoms with Crippen molar-refractivity contribution < 1.29 is 9.84 Å². The summed E-state index contributed by atoms with van der Waals surface area (Å²) >= 11 is 0. The van der Waals surface area contributed by atoms with E-state index in [9.17, 15) is 0 Å². The van der Waals surface area contributed by atoms with Gasteiger partial charge in [-0.25, -0.2) is 0 Å². The molecule has 1 aromatic heterocycles. The van der Waals surface area contributed by atoms with Crippen molar-refractivity contribution in [2.45, 2.75) is 6.61 Å². The van der Waals surface area contributed by atoms with Crippen LogP contribution in [0.5, 0.6) is 5.75 Å². The molecular weight excluding hydrogens is 252 g/mol. The molecule has 2 rings (SSSR count). The number of hydrogen-bond donors (Lipinski definition) is 1. The van der Waals surface area contributed by atoms with Crippen molar-refractivity contribution in [2.75, 3.05) is 6.61 Å². The predicted octanol–water partition coefficient (Wildman–Crippen LogP) is 1.88. The Morgan fingerprint density at radius 1 is 1.20 bits per heavy atom. The van der Waals surface area contributed by atoms with Crippen LogP contribution in [0.2, 0.25) is 0 Å². The van der Waals surface area contributed by atoms with E-state index >= 15 is 0 Å². The Bertz CT molecular complexity index is 693. The zero-order valence-corrected chi connectivity index (χ0v) is 10.7. The topological polar surface area (TPSA) is 66.1 Å². The minimum atomic E-state index is -0.188. The molecule has 0 bridgehead atoms. The third-order valence-corrected chi connectivity index (χ3v) is 2.49. The second-order valence-electron chi connectivity index (χ2n) is 3.97. The van der Waals surface area contributed by atoms with Gasteiger partial charge < -0.3 is 9.84 Å². The fourth-order valence-electron chi connectivity index (χ4n) is 1.61. The van der Waals surface area contributed by atoms with Crippen molar-refractivity contribution >= 4 is 0 Å². The predicted molar refractivity (Wildman–Crippen MR) is 73.7 cm³/mol. The summed E-state index contributed by atoms with van der Waals surface area (Å²) in [5.74, 6) is 5.91. The molecule has 4 nitrogen and oxygen atoms in total. The van der Waals surface area contributed by atoms with Gasteiger partial charge in [-0.15, -0.1) is 0 Å². The van der Waals surface area contributed by atoms with Crippen molar-refractivity contribution in [1.82, 2.24) is 4.98 Å². The van der Waals surface area contributed by atoms with Crippen molar-refractivity contribution in [3.05, 3.63) is 59.4 Å². The summed E-state index contributed by atoms with van der Waals surface area (Å²) in [5, 5.41) is 17.5. The summed E-state index contributed by atoms with van der Waals surface area (Å²) in [6.07, 6.45) is 3.20. The zero-order valence-electron chi connectivity index (χ0n) is 10.7. The highest BCUT2D eigenvalue weighted by Gasteiger charge is 1.99. The van der Waals surface area contributed by atoms with E-state index in [1.165, 1.54) is 0 Å². The summed E-state index contributed by atoms with van der Waals surface area (Å²) in [6, 6.07) is 11.1. The Morgan fingerprint density at radius 3 is 2.90 bits per heavy atom. The summed E-state index contributed by atoms with van der Waals surface area (Å²) < 4.78 is 5.61. The fraction of sp³-hybridized carbons (Fsp3) is 0.125. The Balaban J connectivity index is 2.05. The van der Waals surface area contributed by atoms with E-state index < -0.39 is 0 Å². The van der Waals surface area contributed by atoms with Gasteiger partial charge in [0.2, 0.25) is 0 Å². The van der Waals surface area contributed by atoms with Crippen LogP contribution in [0.4, 0.5) is 0 Å². The highest BCUT2D eigenvalue weighted by molar-refractivity contribution is 5.37. The molecule has 0 unspecified atom stereocenters. The van der Waals surface area contributed by atoms with Gasteiger partial charge in [0.05, 0.1) is 17.8 Å². The van der Waals surface area contributed by atoms with Crippen LogP contribution >= 0.6 is 0 Å². The molecule has 2 aromatic rings. The number of nitriles is 1. The van der Waals surface area contributed by atoms with Gasteiger partial charge in [-0.2, -0.15) is 5.26 Å². The molecule has 0 fully saturated rings. The van der Waals surface area contributed by atoms with E-state index in [1.54, 1.807) is 30.6 Å². The average Bonchev–Trinajstić information content (AvgIpc) is 2.51. The molecule has 0 aliphatic rings. The SMILES string of the molecule is N#Cc1cccc(COc2cncc(C#CCO)c2)c1. The number of hydrogen-bond acceptors (Lipinski definition) is 4. The number of ether oxygens (including phenoxy) is 1. The fourth-order valence-corrected chi connectivity index (χ4v) is 1.61. The van der Waals surface area contributed by atoms with E-state index in [4.69, 9.17) is 15.1 Å². The summed E-state index contributed by atoms with van der Waals surface area (Å²) in [7, 11) is 0. The standard InChI is InChI=1S/C16H12N2O2/c17-9-13-3-1-4-15(7-13)12-20-16-8-14(5-2-6-19)10-18-11-16/h1,3-4,7-8,10-11,19H,6,12H2. The quantitative estimate of drug-likeness (QED) is 0.859. The molecule has 20 heavy (non-hydrogen) atoms. The summed E-state index contributed by atoms with van der Waals surface area (Å²) in [6.45, 7) is 0.167. The first-order valence-corrected chi connectivity index (χ1v) is 5.98. The van der Waals surface area contributed by atoms with Crippen LogP contribution < -0.4 is 4.74 Å². The highest BCUT2D eigenvalue weighted by Crippen LogP contribution is 2.13. The normalized spacial score (nSPS) is 9.20. The first kappa shape index (κ1) is 13.6. The van der Waals surface area contributed by atoms with Crippen molar-refractivity contribution in [3.8, 4) is 23.7 Å². The van der Waals surface area contributed by atoms with Crippen molar-refractivity contribution in [1.29, 1.82) is 5.26 Å². The molecule has 0 atom stereocenters. The van der Waals surface area contributed by atoms with E-state index in [-0.39, 0.29) is 6.61 Å². The molecule has 0 saturated carbocycles. The molecule has 1 heterocycles. The lowest BCUT2D eigenvalue weighted by Crippen LogP contribution is -1.96. The maximum Gasteiger partial charge on any atom is 0.139 e. The molecule has 0 radical (unpaired) electrons. The van der Waals surface area contributed by atoms with E-state index in [0.29, 0.717) is 23.5 Å². The first-order valence-electron chi connectivity index (χ1n) is 5.98. The number of aromatic nitrogens is 1. The molecule has 4 heteroatoms. The highest BCUT2D eigenvalue weighted by atomic mass is 16.5. The summed E-state index contributed by atoms with van der Waals surface area (Å²) in [4.78, 5) is 4.02. The van der Waals surface area contributed by atoms with Gasteiger partial charge in [-0.05, 0) is 23.8 Å². The van der Waals surface area contributed by atoms with Crippen LogP contribution in [0, 0.1) is 23.2 Å². The van der Waals surface area contributed by atoms with Crippen LogP contribution in [0.15, 0.2) is 42.7 Å². The van der Waals surface area contributed by atoms with Crippen molar-refractivity contribution in [3.63, 3.8) is 0 Å². The van der Waals surface area contributed by atoms with Gasteiger partial charge in [-0.3, -0.25) is 4.98 Å². The number of benzene rings is 1. The lowest BCUT2D eigenvalue weighted by atomic mass is 10.1. The van der Waals surface area contributed by atoms with Gasteiger partial charge in [0.25, 0.3) is 0 Å². The largest absolute Gasteiger partial charge is 0.487 e. The lowest BCUT2D eigenvalue weighted by Gasteiger charge is -2.06. The molecule has 0 aliphatic heterocycles. The monoisotopic (exact) mass is 264 g/mol. The molecule has 0 spiro atoms. The maximum atomic E-state index is 8.83. The van der Waals surface area contributed by atoms with Gasteiger partial charge in [0, 0.05) is 11.8 Å². The van der Waals surface area contributed by atoms with Crippen LogP contribution in [0.3, 0.4) is 0 Å². The molecule has 1 aromatic carbocycles. The van der Waals surface area contributed by atoms with Crippen LogP contribution in [-0.4, -0.2) is 16.7 Å². The zero-order chi connectivity index (χ0) is 14.2. The van der Waals surface area contributed by atoms with Crippen molar-refractivity contribution in [2.24, 2.45) is 0 Å². The minimum Gasteiger partial charge on any atom is -0.487 e. The maximum absolute atomic E-state index is 8.83. The van der Waals surface area contributed by atoms with E-state index in [1.807, 2.05) is 12.1 Å². The van der Waals surface area contributed by atoms with Gasteiger partial charge >= 0.3 is 0 Å². The second kappa shape index (κ2) is 6.94. The van der Waals surface area contributed by atoms with Crippen LogP contribution in [-0.2, 0) is 6.61 Å². The van der Waals surface area contributed by atoms with E-state index in [2.05, 4.69) is 22.9 Å². The van der Waals surface area contributed by atoms with Crippen LogP contribution in [0.1, 0.15) is 16.7 Å². The lowest BCUT2D eigenvalue weighted by molar-refractivity contribution is 0.305. The number of pyridine rings is 1. The molecule has 98 valence electrons. The minimum absolute atomic E-state index is 0.188. The van der Waals surface area contributed by atoms with Crippen LogP contribution in [0.25, 0.3) is 0 Å². The van der Waals surface area contributed by atoms with E-state index in [0.717, 1.165) is 5.56 Å². The Hall–Kier alpha value is -2.82. The molecule has 1 N–H and O–H groups in total. The Kier molecular flexibility index (Phi) is 4.72. The number of aliphatic hydroxyl groups is 1. The molecular formula is C16H12N2O2. The number of aliphatic hydroxyl groups excluding tert-OH is 1. The number of nitrogens with zero attached hydrogens (tertiary/aromatic N) is 2. The Labute approximate surface area is 117 Å². The van der Waals surface area contributed by atoms with Gasteiger partial charge in [0.1, 0.15) is 19.0 Å². The first-order chi connectivity index (χ1) is 9.81. The molecule has 0 saturated heterocycles. The smallest absolute Gasteiger partial charge is 0.139 e. The third-order valence-electron chi connectivity index (χ3n) is 2.49. The second-order valence-corrected chi connectivity index (χ2v) is 3.97. The van der Waals surface area contributed by atoms with Gasteiger partial charge in [0.15, 0.2) is 0 Å². The third kappa shape index (κ3) is 3.84. The van der Waals surface area contributed by atoms with Gasteiger partial charge in [-0.1, -0.05) is 24.0 Å². The molecule has 0 aliphatic carbocycles. The Morgan fingerprint density at radius 2 is 2.10 bits per heavy atom. The number of rotatable bonds is 3. The molecule has 0 amide bonds. The summed E-state index contributed by atoms with van der Waals surface area (Å²) in [5.41, 5.74) is 2.20.